The van der Waals surface area contributed by atoms with Gasteiger partial charge >= 0.3 is 11.5 Å². The van der Waals surface area contributed by atoms with Gasteiger partial charge in [-0.05, 0) is 29.5 Å². The first kappa shape index (κ1) is 15.9. The van der Waals surface area contributed by atoms with E-state index in [-0.39, 0.29) is 38.7 Å². The third-order valence-corrected chi connectivity index (χ3v) is 3.39. The molecule has 102 valence electrons. The van der Waals surface area contributed by atoms with Crippen molar-refractivity contribution < 1.29 is 22.7 Å². The second kappa shape index (κ2) is 6.30. The minimum atomic E-state index is -4.46. The zero-order chi connectivity index (χ0) is 14.6. The standard InChI is InChI=1S/C11H7BrF3NO2S/c1-18-10(17)9-6(4-12)2-8(3-7(9)5-16)19-11(13,14)15/h2-3H,4H2,1H3. The molecule has 0 aliphatic heterocycles. The number of halogens is 4. The van der Waals surface area contributed by atoms with Crippen LogP contribution >= 0.6 is 27.7 Å². The van der Waals surface area contributed by atoms with Gasteiger partial charge in [0.05, 0.1) is 18.2 Å². The van der Waals surface area contributed by atoms with Gasteiger partial charge in [-0.25, -0.2) is 4.79 Å². The largest absolute Gasteiger partial charge is 0.465 e. The number of alkyl halides is 4. The fourth-order valence-electron chi connectivity index (χ4n) is 1.40. The Balaban J connectivity index is 3.37. The number of benzene rings is 1. The molecule has 1 aromatic carbocycles. The molecule has 0 unspecified atom stereocenters. The number of ether oxygens (including phenoxy) is 1. The summed E-state index contributed by atoms with van der Waals surface area (Å²) in [7, 11) is 1.14. The Labute approximate surface area is 119 Å². The maximum absolute atomic E-state index is 12.3. The first-order valence-electron chi connectivity index (χ1n) is 4.79. The molecule has 0 N–H and O–H groups in total. The van der Waals surface area contributed by atoms with E-state index < -0.39 is 11.5 Å². The van der Waals surface area contributed by atoms with Crippen molar-refractivity contribution in [3.05, 3.63) is 28.8 Å². The Hall–Kier alpha value is -1.20. The molecule has 8 heteroatoms. The molecule has 0 amide bonds. The van der Waals surface area contributed by atoms with Crippen LogP contribution in [0.5, 0.6) is 0 Å². The number of carbonyl (C=O) groups excluding carboxylic acids is 1. The Kier molecular flexibility index (Phi) is 5.26. The van der Waals surface area contributed by atoms with E-state index in [0.29, 0.717) is 0 Å². The second-order valence-electron chi connectivity index (χ2n) is 3.29. The van der Waals surface area contributed by atoms with Crippen molar-refractivity contribution in [3.63, 3.8) is 0 Å². The van der Waals surface area contributed by atoms with E-state index in [1.165, 1.54) is 6.07 Å². The quantitative estimate of drug-likeness (QED) is 0.470. The normalized spacial score (nSPS) is 10.9. The molecule has 0 spiro atoms. The Morgan fingerprint density at radius 2 is 2.16 bits per heavy atom. The van der Waals surface area contributed by atoms with Gasteiger partial charge in [0.15, 0.2) is 0 Å². The van der Waals surface area contributed by atoms with Gasteiger partial charge in [0.1, 0.15) is 6.07 Å². The first-order valence-corrected chi connectivity index (χ1v) is 6.73. The van der Waals surface area contributed by atoms with Crippen molar-refractivity contribution in [1.29, 1.82) is 5.26 Å². The van der Waals surface area contributed by atoms with Gasteiger partial charge in [-0.15, -0.1) is 0 Å². The summed E-state index contributed by atoms with van der Waals surface area (Å²) in [6, 6.07) is 3.94. The number of rotatable bonds is 3. The van der Waals surface area contributed by atoms with Crippen molar-refractivity contribution in [1.82, 2.24) is 0 Å². The fourth-order valence-corrected chi connectivity index (χ4v) is 2.49. The van der Waals surface area contributed by atoms with Gasteiger partial charge in [-0.2, -0.15) is 18.4 Å². The van der Waals surface area contributed by atoms with Crippen LogP contribution in [-0.2, 0) is 10.1 Å². The number of hydrogen-bond acceptors (Lipinski definition) is 4. The van der Waals surface area contributed by atoms with Crippen molar-refractivity contribution in [3.8, 4) is 6.07 Å². The van der Waals surface area contributed by atoms with Crippen LogP contribution in [0.4, 0.5) is 13.2 Å². The Bertz CT molecular complexity index is 540. The highest BCUT2D eigenvalue weighted by Crippen LogP contribution is 2.38. The Morgan fingerprint density at radius 3 is 2.58 bits per heavy atom. The third-order valence-electron chi connectivity index (χ3n) is 2.08. The number of methoxy groups -OCH3 is 1. The number of nitrogens with zero attached hydrogens (tertiary/aromatic N) is 1. The average Bonchev–Trinajstić information content (AvgIpc) is 2.34. The summed E-state index contributed by atoms with van der Waals surface area (Å²) in [4.78, 5) is 11.4. The lowest BCUT2D eigenvalue weighted by atomic mass is 10.0. The summed E-state index contributed by atoms with van der Waals surface area (Å²) in [6.45, 7) is 0. The van der Waals surface area contributed by atoms with Crippen molar-refractivity contribution in [2.45, 2.75) is 15.7 Å². The Morgan fingerprint density at radius 1 is 1.53 bits per heavy atom. The molecular weight excluding hydrogens is 347 g/mol. The van der Waals surface area contributed by atoms with Crippen molar-refractivity contribution >= 4 is 33.7 Å². The van der Waals surface area contributed by atoms with Crippen LogP contribution in [-0.4, -0.2) is 18.6 Å². The maximum atomic E-state index is 12.3. The smallest absolute Gasteiger partial charge is 0.446 e. The van der Waals surface area contributed by atoms with E-state index in [4.69, 9.17) is 5.26 Å². The SMILES string of the molecule is COC(=O)c1c(C#N)cc(SC(F)(F)F)cc1CBr. The van der Waals surface area contributed by atoms with Crippen LogP contribution in [0.2, 0.25) is 0 Å². The highest BCUT2D eigenvalue weighted by atomic mass is 79.9. The third kappa shape index (κ3) is 4.14. The van der Waals surface area contributed by atoms with Crippen LogP contribution in [0.3, 0.4) is 0 Å². The summed E-state index contributed by atoms with van der Waals surface area (Å²) in [6.07, 6.45) is 0. The second-order valence-corrected chi connectivity index (χ2v) is 4.99. The number of nitriles is 1. The van der Waals surface area contributed by atoms with E-state index in [9.17, 15) is 18.0 Å². The van der Waals surface area contributed by atoms with Crippen LogP contribution in [0.15, 0.2) is 17.0 Å². The number of hydrogen-bond donors (Lipinski definition) is 0. The fraction of sp³-hybridized carbons (Fsp3) is 0.273. The van der Waals surface area contributed by atoms with Crippen LogP contribution in [0, 0.1) is 11.3 Å². The van der Waals surface area contributed by atoms with Crippen LogP contribution in [0.1, 0.15) is 21.5 Å². The van der Waals surface area contributed by atoms with Crippen LogP contribution in [0.25, 0.3) is 0 Å². The molecule has 0 saturated carbocycles. The summed E-state index contributed by atoms with van der Waals surface area (Å²) in [5, 5.41) is 9.08. The molecular formula is C11H7BrF3NO2S. The molecule has 0 aromatic heterocycles. The van der Waals surface area contributed by atoms with Gasteiger partial charge in [0, 0.05) is 10.2 Å². The highest BCUT2D eigenvalue weighted by Gasteiger charge is 2.30. The molecule has 0 bridgehead atoms. The molecule has 0 radical (unpaired) electrons. The van der Waals surface area contributed by atoms with Crippen molar-refractivity contribution in [2.24, 2.45) is 0 Å². The van der Waals surface area contributed by atoms with Crippen molar-refractivity contribution in [2.75, 3.05) is 7.11 Å². The van der Waals surface area contributed by atoms with Gasteiger partial charge < -0.3 is 4.74 Å². The zero-order valence-electron chi connectivity index (χ0n) is 9.55. The summed E-state index contributed by atoms with van der Waals surface area (Å²) in [5.41, 5.74) is -4.34. The van der Waals surface area contributed by atoms with E-state index in [1.807, 2.05) is 0 Å². The van der Waals surface area contributed by atoms with Gasteiger partial charge in [0.25, 0.3) is 0 Å². The lowest BCUT2D eigenvalue weighted by Gasteiger charge is -2.11. The van der Waals surface area contributed by atoms with Gasteiger partial charge in [-0.3, -0.25) is 0 Å². The maximum Gasteiger partial charge on any atom is 0.446 e. The lowest BCUT2D eigenvalue weighted by Crippen LogP contribution is -2.09. The molecule has 0 saturated heterocycles. The molecule has 0 atom stereocenters. The molecule has 0 fully saturated rings. The molecule has 1 aromatic rings. The summed E-state index contributed by atoms with van der Waals surface area (Å²) >= 11 is 2.74. The lowest BCUT2D eigenvalue weighted by molar-refractivity contribution is -0.0328. The number of carbonyl (C=O) groups is 1. The van der Waals surface area contributed by atoms with Crippen LogP contribution < -0.4 is 0 Å². The molecule has 0 heterocycles. The zero-order valence-corrected chi connectivity index (χ0v) is 11.9. The molecule has 19 heavy (non-hydrogen) atoms. The predicted octanol–water partition coefficient (Wildman–Crippen LogP) is 3.85. The minimum absolute atomic E-state index is 0.0200. The van der Waals surface area contributed by atoms with E-state index in [1.54, 1.807) is 6.07 Å². The summed E-state index contributed by atoms with van der Waals surface area (Å²) < 4.78 is 41.5. The first-order chi connectivity index (χ1) is 8.82. The topological polar surface area (TPSA) is 50.1 Å². The highest BCUT2D eigenvalue weighted by molar-refractivity contribution is 9.08. The minimum Gasteiger partial charge on any atom is -0.465 e. The summed E-state index contributed by atoms with van der Waals surface area (Å²) in [5.74, 6) is -0.755. The van der Waals surface area contributed by atoms with E-state index >= 15 is 0 Å². The number of esters is 1. The monoisotopic (exact) mass is 353 g/mol. The molecule has 0 aliphatic carbocycles. The molecule has 3 nitrogen and oxygen atoms in total. The van der Waals surface area contributed by atoms with E-state index in [2.05, 4.69) is 20.7 Å². The van der Waals surface area contributed by atoms with E-state index in [0.717, 1.165) is 13.2 Å². The molecule has 1 rings (SSSR count). The average molecular weight is 354 g/mol. The van der Waals surface area contributed by atoms with Gasteiger partial charge in [-0.1, -0.05) is 15.9 Å². The number of thioether (sulfide) groups is 1. The van der Waals surface area contributed by atoms with Gasteiger partial charge in [0.2, 0.25) is 0 Å². The predicted molar refractivity (Wildman–Crippen MR) is 67.0 cm³/mol. The molecule has 0 aliphatic rings.